The molecule has 0 radical (unpaired) electrons. The molecular formula is C11H13FO2. The van der Waals surface area contributed by atoms with Crippen molar-refractivity contribution in [3.8, 4) is 0 Å². The van der Waals surface area contributed by atoms with E-state index in [1.165, 1.54) is 19.1 Å². The number of aliphatic carboxylic acids is 1. The van der Waals surface area contributed by atoms with Gasteiger partial charge in [-0.1, -0.05) is 24.3 Å². The molecule has 76 valence electrons. The second-order valence-corrected chi connectivity index (χ2v) is 2.79. The quantitative estimate of drug-likeness (QED) is 0.554. The van der Waals surface area contributed by atoms with Crippen molar-refractivity contribution in [2.24, 2.45) is 0 Å². The fraction of sp³-hybridized carbons (Fsp3) is 0.182. The van der Waals surface area contributed by atoms with Gasteiger partial charge in [-0.2, -0.15) is 0 Å². The Morgan fingerprint density at radius 2 is 1.93 bits per heavy atom. The average molecular weight is 196 g/mol. The lowest BCUT2D eigenvalue weighted by Gasteiger charge is -1.94. The van der Waals surface area contributed by atoms with Crippen LogP contribution in [0.3, 0.4) is 0 Å². The largest absolute Gasteiger partial charge is 0.478 e. The van der Waals surface area contributed by atoms with Crippen molar-refractivity contribution in [2.75, 3.05) is 0 Å². The highest BCUT2D eigenvalue weighted by Gasteiger charge is 1.99. The molecule has 0 aliphatic rings. The third-order valence-corrected chi connectivity index (χ3v) is 1.53. The Bertz CT molecular complexity index is 322. The van der Waals surface area contributed by atoms with E-state index >= 15 is 0 Å². The number of carbonyl (C=O) groups is 1. The second kappa shape index (κ2) is 5.91. The van der Waals surface area contributed by atoms with E-state index in [0.717, 1.165) is 11.6 Å². The Morgan fingerprint density at radius 3 is 2.36 bits per heavy atom. The first-order valence-electron chi connectivity index (χ1n) is 4.05. The Balaban J connectivity index is 4.70. The van der Waals surface area contributed by atoms with E-state index in [1.54, 1.807) is 13.0 Å². The Morgan fingerprint density at radius 1 is 1.36 bits per heavy atom. The molecule has 2 nitrogen and oxygen atoms in total. The van der Waals surface area contributed by atoms with Gasteiger partial charge in [-0.3, -0.25) is 0 Å². The first-order valence-corrected chi connectivity index (χ1v) is 4.05. The van der Waals surface area contributed by atoms with Gasteiger partial charge in [0.05, 0.1) is 0 Å². The highest BCUT2D eigenvalue weighted by molar-refractivity contribution is 5.81. The standard InChI is InChI=1S/C11H13FO2/c1-4-8(2)5-6-10(12)9(3)7-11(13)14/h4-7H,1H2,2-3H3,(H,13,14). The maximum atomic E-state index is 13.1. The molecule has 0 saturated heterocycles. The molecule has 0 aliphatic carbocycles. The summed E-state index contributed by atoms with van der Waals surface area (Å²) in [7, 11) is 0. The molecule has 0 aliphatic heterocycles. The van der Waals surface area contributed by atoms with Crippen LogP contribution in [0, 0.1) is 0 Å². The van der Waals surface area contributed by atoms with Gasteiger partial charge in [0.2, 0.25) is 0 Å². The molecular weight excluding hydrogens is 183 g/mol. The molecule has 0 spiro atoms. The number of carboxylic acids is 1. The summed E-state index contributed by atoms with van der Waals surface area (Å²) in [5.74, 6) is -1.72. The lowest BCUT2D eigenvalue weighted by molar-refractivity contribution is -0.131. The number of halogens is 1. The molecule has 14 heavy (non-hydrogen) atoms. The zero-order valence-electron chi connectivity index (χ0n) is 8.25. The van der Waals surface area contributed by atoms with E-state index in [2.05, 4.69) is 6.58 Å². The van der Waals surface area contributed by atoms with Crippen LogP contribution in [0.4, 0.5) is 4.39 Å². The van der Waals surface area contributed by atoms with Crippen LogP contribution in [0.25, 0.3) is 0 Å². The Labute approximate surface area is 82.8 Å². The molecule has 0 bridgehead atoms. The van der Waals surface area contributed by atoms with Gasteiger partial charge < -0.3 is 5.11 Å². The molecule has 0 rings (SSSR count). The molecule has 0 heterocycles. The minimum absolute atomic E-state index is 0.0885. The average Bonchev–Trinajstić information content (AvgIpc) is 2.12. The van der Waals surface area contributed by atoms with Crippen molar-refractivity contribution in [3.63, 3.8) is 0 Å². The van der Waals surface area contributed by atoms with E-state index in [-0.39, 0.29) is 5.57 Å². The maximum absolute atomic E-state index is 13.1. The zero-order chi connectivity index (χ0) is 11.1. The summed E-state index contributed by atoms with van der Waals surface area (Å²) in [5, 5.41) is 8.35. The lowest BCUT2D eigenvalue weighted by Crippen LogP contribution is -1.90. The number of hydrogen-bond acceptors (Lipinski definition) is 1. The van der Waals surface area contributed by atoms with Crippen molar-refractivity contribution in [2.45, 2.75) is 13.8 Å². The van der Waals surface area contributed by atoms with Crippen molar-refractivity contribution in [3.05, 3.63) is 47.9 Å². The van der Waals surface area contributed by atoms with Gasteiger partial charge in [0, 0.05) is 6.08 Å². The Kier molecular flexibility index (Phi) is 5.22. The van der Waals surface area contributed by atoms with E-state index < -0.39 is 11.8 Å². The smallest absolute Gasteiger partial charge is 0.328 e. The lowest BCUT2D eigenvalue weighted by atomic mass is 10.2. The van der Waals surface area contributed by atoms with Gasteiger partial charge in [-0.15, -0.1) is 0 Å². The van der Waals surface area contributed by atoms with Crippen molar-refractivity contribution >= 4 is 5.97 Å². The predicted octanol–water partition coefficient (Wildman–Crippen LogP) is 3.00. The summed E-state index contributed by atoms with van der Waals surface area (Å²) >= 11 is 0. The van der Waals surface area contributed by atoms with Gasteiger partial charge in [0.15, 0.2) is 0 Å². The number of rotatable bonds is 4. The minimum Gasteiger partial charge on any atom is -0.478 e. The number of carboxylic acid groups (broad SMARTS) is 1. The van der Waals surface area contributed by atoms with E-state index in [1.807, 2.05) is 0 Å². The van der Waals surface area contributed by atoms with Crippen LogP contribution in [0.1, 0.15) is 13.8 Å². The van der Waals surface area contributed by atoms with Gasteiger partial charge in [-0.25, -0.2) is 9.18 Å². The van der Waals surface area contributed by atoms with Crippen LogP contribution in [0.2, 0.25) is 0 Å². The highest BCUT2D eigenvalue weighted by Crippen LogP contribution is 2.11. The molecule has 0 fully saturated rings. The van der Waals surface area contributed by atoms with Crippen LogP contribution in [0.5, 0.6) is 0 Å². The first kappa shape index (κ1) is 12.4. The van der Waals surface area contributed by atoms with Crippen LogP contribution < -0.4 is 0 Å². The fourth-order valence-corrected chi connectivity index (χ4v) is 0.658. The molecule has 0 aromatic rings. The zero-order valence-corrected chi connectivity index (χ0v) is 8.25. The molecule has 0 atom stereocenters. The third-order valence-electron chi connectivity index (χ3n) is 1.53. The summed E-state index contributed by atoms with van der Waals surface area (Å²) in [6, 6.07) is 0. The number of allylic oxidation sites excluding steroid dienone is 6. The van der Waals surface area contributed by atoms with E-state index in [9.17, 15) is 9.18 Å². The molecule has 1 N–H and O–H groups in total. The first-order chi connectivity index (χ1) is 6.47. The van der Waals surface area contributed by atoms with Crippen LogP contribution >= 0.6 is 0 Å². The van der Waals surface area contributed by atoms with Crippen LogP contribution in [-0.4, -0.2) is 11.1 Å². The number of hydrogen-bond donors (Lipinski definition) is 1. The van der Waals surface area contributed by atoms with Crippen molar-refractivity contribution in [1.82, 2.24) is 0 Å². The Hall–Kier alpha value is -1.64. The van der Waals surface area contributed by atoms with Crippen molar-refractivity contribution in [1.29, 1.82) is 0 Å². The van der Waals surface area contributed by atoms with Gasteiger partial charge in [0.1, 0.15) is 5.83 Å². The topological polar surface area (TPSA) is 37.3 Å². The van der Waals surface area contributed by atoms with E-state index in [0.29, 0.717) is 0 Å². The normalized spacial score (nSPS) is 14.1. The monoisotopic (exact) mass is 196 g/mol. The van der Waals surface area contributed by atoms with Crippen molar-refractivity contribution < 1.29 is 14.3 Å². The van der Waals surface area contributed by atoms with Crippen LogP contribution in [-0.2, 0) is 4.79 Å². The molecule has 0 amide bonds. The molecule has 3 heteroatoms. The maximum Gasteiger partial charge on any atom is 0.328 e. The molecule has 0 unspecified atom stereocenters. The summed E-state index contributed by atoms with van der Waals surface area (Å²) in [4.78, 5) is 10.2. The predicted molar refractivity (Wildman–Crippen MR) is 54.5 cm³/mol. The van der Waals surface area contributed by atoms with Crippen LogP contribution in [0.15, 0.2) is 47.9 Å². The van der Waals surface area contributed by atoms with E-state index in [4.69, 9.17) is 5.11 Å². The summed E-state index contributed by atoms with van der Waals surface area (Å²) in [6.07, 6.45) is 5.15. The van der Waals surface area contributed by atoms with Gasteiger partial charge in [0.25, 0.3) is 0 Å². The summed E-state index contributed by atoms with van der Waals surface area (Å²) in [6.45, 7) is 6.67. The minimum atomic E-state index is -1.16. The molecule has 0 aromatic heterocycles. The fourth-order valence-electron chi connectivity index (χ4n) is 0.658. The third kappa shape index (κ3) is 5.09. The summed E-state index contributed by atoms with van der Waals surface area (Å²) in [5.41, 5.74) is 0.897. The highest BCUT2D eigenvalue weighted by atomic mass is 19.1. The van der Waals surface area contributed by atoms with Gasteiger partial charge in [-0.05, 0) is 25.5 Å². The molecule has 0 saturated carbocycles. The van der Waals surface area contributed by atoms with Gasteiger partial charge >= 0.3 is 5.97 Å². The molecule has 0 aromatic carbocycles. The second-order valence-electron chi connectivity index (χ2n) is 2.79. The summed E-state index contributed by atoms with van der Waals surface area (Å²) < 4.78 is 13.1. The SMILES string of the molecule is C=CC(C)=CC=C(F)C(C)=CC(=O)O.